The molecular weight excluding hydrogens is 112 g/mol. The van der Waals surface area contributed by atoms with Crippen molar-refractivity contribution < 1.29 is 4.79 Å². The molecule has 1 rings (SSSR count). The molecule has 0 aliphatic carbocycles. The lowest BCUT2D eigenvalue weighted by Gasteiger charge is -1.95. The molecule has 38 valence electrons. The number of aliphatic imine (C=N–C) groups is 1. The fourth-order valence-electron chi connectivity index (χ4n) is 0.333. The standard InChI is InChI=1S/C3H4N2OS/c6-3-1-4-2-5(3)7/h2,7H,1H2. The van der Waals surface area contributed by atoms with E-state index < -0.39 is 0 Å². The summed E-state index contributed by atoms with van der Waals surface area (Å²) in [5, 5.41) is 0. The first-order valence-electron chi connectivity index (χ1n) is 1.81. The molecule has 0 unspecified atom stereocenters. The van der Waals surface area contributed by atoms with Crippen LogP contribution < -0.4 is 0 Å². The van der Waals surface area contributed by atoms with Gasteiger partial charge in [-0.05, 0) is 0 Å². The lowest BCUT2D eigenvalue weighted by Crippen LogP contribution is -2.14. The number of rotatable bonds is 0. The molecular formula is C3H4N2OS. The van der Waals surface area contributed by atoms with Gasteiger partial charge in [0.2, 0.25) is 0 Å². The number of amides is 1. The van der Waals surface area contributed by atoms with Crippen LogP contribution in [0.15, 0.2) is 4.99 Å². The third kappa shape index (κ3) is 0.742. The summed E-state index contributed by atoms with van der Waals surface area (Å²) in [6, 6.07) is 0. The summed E-state index contributed by atoms with van der Waals surface area (Å²) in [4.78, 5) is 13.9. The topological polar surface area (TPSA) is 32.7 Å². The summed E-state index contributed by atoms with van der Waals surface area (Å²) in [5.74, 6) is -0.0664. The molecule has 0 fully saturated rings. The van der Waals surface area contributed by atoms with Gasteiger partial charge in [-0.25, -0.2) is 4.31 Å². The van der Waals surface area contributed by atoms with Crippen molar-refractivity contribution in [1.82, 2.24) is 4.31 Å². The molecule has 1 amide bonds. The smallest absolute Gasteiger partial charge is 0.259 e. The molecule has 0 radical (unpaired) electrons. The molecule has 0 saturated heterocycles. The predicted octanol–water partition coefficient (Wildman–Crippen LogP) is -0.298. The first-order valence-corrected chi connectivity index (χ1v) is 2.21. The van der Waals surface area contributed by atoms with Crippen molar-refractivity contribution in [2.45, 2.75) is 0 Å². The van der Waals surface area contributed by atoms with Gasteiger partial charge in [0.05, 0.1) is 0 Å². The molecule has 0 N–H and O–H groups in total. The Morgan fingerprint density at radius 1 is 2.00 bits per heavy atom. The van der Waals surface area contributed by atoms with Gasteiger partial charge in [-0.1, -0.05) is 12.8 Å². The van der Waals surface area contributed by atoms with Gasteiger partial charge in [0.15, 0.2) is 0 Å². The van der Waals surface area contributed by atoms with Gasteiger partial charge in [0.25, 0.3) is 5.91 Å². The van der Waals surface area contributed by atoms with Crippen LogP contribution in [0.5, 0.6) is 0 Å². The molecule has 0 atom stereocenters. The van der Waals surface area contributed by atoms with E-state index in [2.05, 4.69) is 17.8 Å². The Morgan fingerprint density at radius 3 is 2.86 bits per heavy atom. The van der Waals surface area contributed by atoms with E-state index in [1.807, 2.05) is 0 Å². The van der Waals surface area contributed by atoms with Crippen LogP contribution in [0.4, 0.5) is 0 Å². The van der Waals surface area contributed by atoms with Crippen LogP contribution in [0.3, 0.4) is 0 Å². The predicted molar refractivity (Wildman–Crippen MR) is 29.2 cm³/mol. The first kappa shape index (κ1) is 4.64. The molecule has 7 heavy (non-hydrogen) atoms. The van der Waals surface area contributed by atoms with Crippen molar-refractivity contribution in [3.8, 4) is 0 Å². The number of carbonyl (C=O) groups is 1. The molecule has 0 aromatic rings. The van der Waals surface area contributed by atoms with Crippen molar-refractivity contribution in [2.75, 3.05) is 6.54 Å². The Morgan fingerprint density at radius 2 is 2.71 bits per heavy atom. The minimum absolute atomic E-state index is 0.0664. The first-order chi connectivity index (χ1) is 3.30. The molecule has 0 spiro atoms. The second kappa shape index (κ2) is 1.54. The lowest BCUT2D eigenvalue weighted by atomic mass is 10.7. The van der Waals surface area contributed by atoms with Crippen LogP contribution in [-0.2, 0) is 4.79 Å². The zero-order chi connectivity index (χ0) is 5.28. The number of thiol groups is 1. The Balaban J connectivity index is 2.62. The second-order valence-corrected chi connectivity index (χ2v) is 1.63. The minimum Gasteiger partial charge on any atom is -0.271 e. The highest BCUT2D eigenvalue weighted by molar-refractivity contribution is 7.78. The van der Waals surface area contributed by atoms with Gasteiger partial charge in [-0.2, -0.15) is 0 Å². The summed E-state index contributed by atoms with van der Waals surface area (Å²) in [5.41, 5.74) is 0. The van der Waals surface area contributed by atoms with Crippen LogP contribution in [0.25, 0.3) is 0 Å². The van der Waals surface area contributed by atoms with Gasteiger partial charge in [0.1, 0.15) is 12.9 Å². The van der Waals surface area contributed by atoms with Crippen LogP contribution in [-0.4, -0.2) is 23.1 Å². The third-order valence-corrected chi connectivity index (χ3v) is 0.999. The van der Waals surface area contributed by atoms with Gasteiger partial charge < -0.3 is 0 Å². The number of carbonyl (C=O) groups excluding carboxylic acids is 1. The maximum absolute atomic E-state index is 10.3. The molecule has 3 nitrogen and oxygen atoms in total. The summed E-state index contributed by atoms with van der Waals surface area (Å²) in [7, 11) is 0. The van der Waals surface area contributed by atoms with Crippen molar-refractivity contribution >= 4 is 25.1 Å². The van der Waals surface area contributed by atoms with E-state index in [1.165, 1.54) is 10.6 Å². The Hall–Kier alpha value is -0.510. The lowest BCUT2D eigenvalue weighted by molar-refractivity contribution is -0.121. The van der Waals surface area contributed by atoms with E-state index in [9.17, 15) is 4.79 Å². The fourth-order valence-corrected chi connectivity index (χ4v) is 0.469. The Kier molecular flexibility index (Phi) is 1.02. The van der Waals surface area contributed by atoms with Gasteiger partial charge in [-0.15, -0.1) is 0 Å². The molecule has 1 aliphatic rings. The van der Waals surface area contributed by atoms with E-state index in [-0.39, 0.29) is 12.5 Å². The quantitative estimate of drug-likeness (QED) is 0.433. The van der Waals surface area contributed by atoms with Crippen LogP contribution in [0.1, 0.15) is 0 Å². The summed E-state index contributed by atoms with van der Waals surface area (Å²) >= 11 is 3.72. The van der Waals surface area contributed by atoms with Crippen molar-refractivity contribution in [3.05, 3.63) is 0 Å². The van der Waals surface area contributed by atoms with E-state index >= 15 is 0 Å². The molecule has 1 heterocycles. The zero-order valence-electron chi connectivity index (χ0n) is 3.53. The molecule has 1 aliphatic heterocycles. The van der Waals surface area contributed by atoms with Crippen LogP contribution in [0, 0.1) is 0 Å². The van der Waals surface area contributed by atoms with Crippen LogP contribution >= 0.6 is 12.8 Å². The van der Waals surface area contributed by atoms with Gasteiger partial charge in [0, 0.05) is 0 Å². The minimum atomic E-state index is -0.0664. The number of nitrogens with zero attached hydrogens (tertiary/aromatic N) is 2. The maximum atomic E-state index is 10.3. The normalized spacial score (nSPS) is 19.0. The molecule has 4 heteroatoms. The van der Waals surface area contributed by atoms with E-state index in [0.29, 0.717) is 0 Å². The highest BCUT2D eigenvalue weighted by atomic mass is 32.1. The SMILES string of the molecule is O=C1CN=CN1S. The Labute approximate surface area is 46.6 Å². The van der Waals surface area contributed by atoms with Gasteiger partial charge >= 0.3 is 0 Å². The molecule has 0 aromatic heterocycles. The van der Waals surface area contributed by atoms with Crippen molar-refractivity contribution in [1.29, 1.82) is 0 Å². The maximum Gasteiger partial charge on any atom is 0.259 e. The zero-order valence-corrected chi connectivity index (χ0v) is 4.43. The summed E-state index contributed by atoms with van der Waals surface area (Å²) in [6.07, 6.45) is 1.39. The van der Waals surface area contributed by atoms with Crippen molar-refractivity contribution in [3.63, 3.8) is 0 Å². The molecule has 0 bridgehead atoms. The molecule has 0 saturated carbocycles. The monoisotopic (exact) mass is 116 g/mol. The average Bonchev–Trinajstić information content (AvgIpc) is 1.91. The molecule has 0 aromatic carbocycles. The largest absolute Gasteiger partial charge is 0.271 e. The van der Waals surface area contributed by atoms with Crippen LogP contribution in [0.2, 0.25) is 0 Å². The summed E-state index contributed by atoms with van der Waals surface area (Å²) in [6.45, 7) is 0.253. The Bertz CT molecular complexity index is 122. The third-order valence-electron chi connectivity index (χ3n) is 0.673. The fraction of sp³-hybridized carbons (Fsp3) is 0.333. The van der Waals surface area contributed by atoms with Crippen molar-refractivity contribution in [2.24, 2.45) is 4.99 Å². The average molecular weight is 116 g/mol. The highest BCUT2D eigenvalue weighted by Gasteiger charge is 2.10. The van der Waals surface area contributed by atoms with Gasteiger partial charge in [-0.3, -0.25) is 9.79 Å². The van der Waals surface area contributed by atoms with E-state index in [0.717, 1.165) is 0 Å². The summed E-state index contributed by atoms with van der Waals surface area (Å²) < 4.78 is 1.17. The van der Waals surface area contributed by atoms with E-state index in [4.69, 9.17) is 0 Å². The van der Waals surface area contributed by atoms with E-state index in [1.54, 1.807) is 0 Å². The highest BCUT2D eigenvalue weighted by Crippen LogP contribution is 1.96. The second-order valence-electron chi connectivity index (χ2n) is 1.19. The number of hydrogen-bond acceptors (Lipinski definition) is 3. The number of hydrogen-bond donors (Lipinski definition) is 1.